The minimum absolute atomic E-state index is 0.0511. The molecule has 2 saturated carbocycles. The smallest absolute Gasteiger partial charge is 0.325 e. The number of hydrogen-bond donors (Lipinski definition) is 1. The second kappa shape index (κ2) is 5.63. The van der Waals surface area contributed by atoms with Gasteiger partial charge in [0.25, 0.3) is 5.91 Å². The Hall–Kier alpha value is -2.75. The van der Waals surface area contributed by atoms with E-state index in [0.717, 1.165) is 29.9 Å². The summed E-state index contributed by atoms with van der Waals surface area (Å²) in [5.74, 6) is 1.33. The molecule has 2 heterocycles. The number of benzene rings is 1. The second-order valence-corrected chi connectivity index (χ2v) is 8.68. The van der Waals surface area contributed by atoms with Gasteiger partial charge in [0.1, 0.15) is 23.1 Å². The van der Waals surface area contributed by atoms with E-state index in [9.17, 15) is 14.9 Å². The molecule has 28 heavy (non-hydrogen) atoms. The lowest BCUT2D eigenvalue weighted by Gasteiger charge is -2.40. The first-order valence-corrected chi connectivity index (χ1v) is 9.93. The molecule has 4 aliphatic rings. The molecule has 2 aliphatic carbocycles. The van der Waals surface area contributed by atoms with E-state index in [1.54, 1.807) is 19.1 Å². The largest absolute Gasteiger partial charge is 0.492 e. The Balaban J connectivity index is 1.32. The van der Waals surface area contributed by atoms with Crippen molar-refractivity contribution in [2.75, 3.05) is 6.61 Å². The third-order valence-electron chi connectivity index (χ3n) is 6.81. The third kappa shape index (κ3) is 2.33. The summed E-state index contributed by atoms with van der Waals surface area (Å²) in [5.41, 5.74) is 0.856. The number of amides is 3. The number of hydrogen-bond acceptors (Lipinski definition) is 5. The molecule has 0 aromatic heterocycles. The van der Waals surface area contributed by atoms with Gasteiger partial charge >= 0.3 is 6.03 Å². The van der Waals surface area contributed by atoms with Crippen molar-refractivity contribution < 1.29 is 19.1 Å². The fraction of sp³-hybridized carbons (Fsp3) is 0.571. The second-order valence-electron chi connectivity index (χ2n) is 8.68. The molecular weight excluding hydrogens is 358 g/mol. The number of nitrogens with one attached hydrogen (secondary N) is 1. The number of urea groups is 1. The first kappa shape index (κ1) is 17.4. The summed E-state index contributed by atoms with van der Waals surface area (Å²) < 4.78 is 12.1. The highest BCUT2D eigenvalue weighted by molar-refractivity contribution is 6.07. The molecule has 1 spiro atoms. The molecule has 0 radical (unpaired) electrons. The average Bonchev–Trinajstić information content (AvgIpc) is 3.28. The maximum absolute atomic E-state index is 12.6. The zero-order valence-electron chi connectivity index (χ0n) is 16.1. The Morgan fingerprint density at radius 1 is 1.36 bits per heavy atom. The minimum atomic E-state index is -0.805. The number of carbonyl (C=O) groups excluding carboxylic acids is 2. The molecule has 3 fully saturated rings. The molecule has 1 atom stereocenters. The molecule has 1 saturated heterocycles. The predicted molar refractivity (Wildman–Crippen MR) is 99.1 cm³/mol. The van der Waals surface area contributed by atoms with E-state index in [1.807, 2.05) is 6.92 Å². The van der Waals surface area contributed by atoms with Crippen molar-refractivity contribution in [3.05, 3.63) is 23.3 Å². The first-order valence-electron chi connectivity index (χ1n) is 9.93. The SMILES string of the molecule is CC[C@@]1(C)NC(=O)N(C2CC(Oc3cc(C#N)cc4c3C3(CC3)CO4)C2)C1=O. The highest BCUT2D eigenvalue weighted by Crippen LogP contribution is 2.59. The monoisotopic (exact) mass is 381 g/mol. The number of imide groups is 1. The van der Waals surface area contributed by atoms with Gasteiger partial charge in [-0.25, -0.2) is 4.79 Å². The van der Waals surface area contributed by atoms with Crippen LogP contribution in [0.3, 0.4) is 0 Å². The molecular formula is C21H23N3O4. The molecule has 5 rings (SSSR count). The standard InChI is InChI=1S/C21H23N3O4/c1-3-20(2)18(25)24(19(26)23-20)13-8-14(9-13)28-16-7-12(10-22)6-15-17(16)21(4-5-21)11-27-15/h6-7,13-14H,3-5,8-9,11H2,1-2H3,(H,23,26)/t13?,14?,20-/m1/s1. The van der Waals surface area contributed by atoms with E-state index >= 15 is 0 Å². The third-order valence-corrected chi connectivity index (χ3v) is 6.81. The summed E-state index contributed by atoms with van der Waals surface area (Å²) in [6.07, 6.45) is 3.86. The van der Waals surface area contributed by atoms with Crippen LogP contribution in [0.5, 0.6) is 11.5 Å². The average molecular weight is 381 g/mol. The van der Waals surface area contributed by atoms with Crippen molar-refractivity contribution in [3.63, 3.8) is 0 Å². The maximum Gasteiger partial charge on any atom is 0.325 e. The van der Waals surface area contributed by atoms with E-state index in [2.05, 4.69) is 11.4 Å². The van der Waals surface area contributed by atoms with Crippen LogP contribution in [0.25, 0.3) is 0 Å². The van der Waals surface area contributed by atoms with Gasteiger partial charge in [-0.3, -0.25) is 9.69 Å². The number of rotatable bonds is 4. The van der Waals surface area contributed by atoms with Gasteiger partial charge in [-0.2, -0.15) is 5.26 Å². The number of fused-ring (bicyclic) bond motifs is 2. The summed E-state index contributed by atoms with van der Waals surface area (Å²) >= 11 is 0. The molecule has 1 aromatic rings. The van der Waals surface area contributed by atoms with Crippen LogP contribution < -0.4 is 14.8 Å². The van der Waals surface area contributed by atoms with Crippen molar-refractivity contribution >= 4 is 11.9 Å². The lowest BCUT2D eigenvalue weighted by atomic mass is 9.86. The van der Waals surface area contributed by atoms with Crippen molar-refractivity contribution in [1.82, 2.24) is 10.2 Å². The predicted octanol–water partition coefficient (Wildman–Crippen LogP) is 2.61. The molecule has 2 aliphatic heterocycles. The molecule has 3 amide bonds. The van der Waals surface area contributed by atoms with Crippen LogP contribution in [0.15, 0.2) is 12.1 Å². The highest BCUT2D eigenvalue weighted by Gasteiger charge is 2.54. The van der Waals surface area contributed by atoms with Crippen LogP contribution in [0, 0.1) is 11.3 Å². The van der Waals surface area contributed by atoms with Crippen molar-refractivity contribution in [2.24, 2.45) is 0 Å². The molecule has 7 heteroatoms. The van der Waals surface area contributed by atoms with Crippen molar-refractivity contribution in [1.29, 1.82) is 5.26 Å². The Kier molecular flexibility index (Phi) is 3.49. The Morgan fingerprint density at radius 3 is 2.71 bits per heavy atom. The summed E-state index contributed by atoms with van der Waals surface area (Å²) in [5, 5.41) is 12.1. The number of ether oxygens (including phenoxy) is 2. The molecule has 7 nitrogen and oxygen atoms in total. The van der Waals surface area contributed by atoms with Gasteiger partial charge in [-0.1, -0.05) is 6.92 Å². The van der Waals surface area contributed by atoms with Crippen LogP contribution in [0.2, 0.25) is 0 Å². The molecule has 1 N–H and O–H groups in total. The summed E-state index contributed by atoms with van der Waals surface area (Å²) in [7, 11) is 0. The topological polar surface area (TPSA) is 91.7 Å². The fourth-order valence-electron chi connectivity index (χ4n) is 4.52. The molecule has 0 unspecified atom stereocenters. The zero-order chi connectivity index (χ0) is 19.7. The van der Waals surface area contributed by atoms with E-state index in [4.69, 9.17) is 9.47 Å². The van der Waals surface area contributed by atoms with Gasteiger partial charge in [-0.05, 0) is 38.3 Å². The van der Waals surface area contributed by atoms with E-state index in [-0.39, 0.29) is 29.5 Å². The number of carbonyl (C=O) groups is 2. The zero-order valence-corrected chi connectivity index (χ0v) is 16.1. The van der Waals surface area contributed by atoms with Crippen molar-refractivity contribution in [2.45, 2.75) is 69.1 Å². The number of nitrogens with zero attached hydrogens (tertiary/aromatic N) is 2. The molecule has 0 bridgehead atoms. The number of nitriles is 1. The Labute approximate surface area is 163 Å². The summed E-state index contributed by atoms with van der Waals surface area (Å²) in [4.78, 5) is 26.3. The summed E-state index contributed by atoms with van der Waals surface area (Å²) in [6, 6.07) is 5.31. The Morgan fingerprint density at radius 2 is 2.11 bits per heavy atom. The van der Waals surface area contributed by atoms with Crippen LogP contribution in [-0.2, 0) is 10.2 Å². The van der Waals surface area contributed by atoms with Gasteiger partial charge in [0.15, 0.2) is 0 Å². The Bertz CT molecular complexity index is 926. The van der Waals surface area contributed by atoms with E-state index in [0.29, 0.717) is 31.4 Å². The highest BCUT2D eigenvalue weighted by atomic mass is 16.5. The normalized spacial score (nSPS) is 31.7. The van der Waals surface area contributed by atoms with Gasteiger partial charge in [0, 0.05) is 29.9 Å². The first-order chi connectivity index (χ1) is 13.4. The van der Waals surface area contributed by atoms with Crippen LogP contribution in [-0.4, -0.2) is 41.1 Å². The van der Waals surface area contributed by atoms with Crippen LogP contribution >= 0.6 is 0 Å². The maximum atomic E-state index is 12.6. The van der Waals surface area contributed by atoms with Crippen LogP contribution in [0.1, 0.15) is 57.1 Å². The van der Waals surface area contributed by atoms with Crippen molar-refractivity contribution in [3.8, 4) is 17.6 Å². The van der Waals surface area contributed by atoms with Gasteiger partial charge in [-0.15, -0.1) is 0 Å². The van der Waals surface area contributed by atoms with Gasteiger partial charge in [0.2, 0.25) is 0 Å². The quantitative estimate of drug-likeness (QED) is 0.810. The minimum Gasteiger partial charge on any atom is -0.492 e. The summed E-state index contributed by atoms with van der Waals surface area (Å²) in [6.45, 7) is 4.32. The van der Waals surface area contributed by atoms with E-state index in [1.165, 1.54) is 4.90 Å². The fourth-order valence-corrected chi connectivity index (χ4v) is 4.52. The van der Waals surface area contributed by atoms with Crippen LogP contribution in [0.4, 0.5) is 4.79 Å². The van der Waals surface area contributed by atoms with E-state index < -0.39 is 5.54 Å². The lowest BCUT2D eigenvalue weighted by Crippen LogP contribution is -2.52. The lowest BCUT2D eigenvalue weighted by molar-refractivity contribution is -0.135. The molecule has 1 aromatic carbocycles. The molecule has 146 valence electrons. The van der Waals surface area contributed by atoms with Gasteiger partial charge < -0.3 is 14.8 Å². The van der Waals surface area contributed by atoms with Gasteiger partial charge in [0.05, 0.1) is 18.2 Å².